The van der Waals surface area contributed by atoms with Gasteiger partial charge in [0.15, 0.2) is 0 Å². The van der Waals surface area contributed by atoms with Gasteiger partial charge in [0.1, 0.15) is 11.8 Å². The highest BCUT2D eigenvalue weighted by atomic mass is 35.5. The van der Waals surface area contributed by atoms with Crippen LogP contribution >= 0.6 is 11.6 Å². The smallest absolute Gasteiger partial charge is 0.256 e. The van der Waals surface area contributed by atoms with E-state index in [1.54, 1.807) is 46.2 Å². The number of likely N-dealkylation sites (N-methyl/N-ethyl adjacent to an activating group) is 1. The molecule has 0 saturated carbocycles. The Kier molecular flexibility index (Phi) is 7.01. The lowest BCUT2D eigenvalue weighted by Gasteiger charge is -2.45. The average Bonchev–Trinajstić information content (AvgIpc) is 3.27. The predicted molar refractivity (Wildman–Crippen MR) is 136 cm³/mol. The summed E-state index contributed by atoms with van der Waals surface area (Å²) in [5, 5.41) is 0.512. The maximum absolute atomic E-state index is 13.8. The number of carbonyl (C=O) groups excluding carboxylic acids is 3. The van der Waals surface area contributed by atoms with Gasteiger partial charge in [0.25, 0.3) is 11.8 Å². The number of rotatable bonds is 3. The van der Waals surface area contributed by atoms with E-state index in [1.807, 2.05) is 30.1 Å². The van der Waals surface area contributed by atoms with Gasteiger partial charge in [-0.05, 0) is 37.4 Å². The van der Waals surface area contributed by atoms with E-state index < -0.39 is 11.8 Å². The molecule has 3 saturated heterocycles. The van der Waals surface area contributed by atoms with Gasteiger partial charge in [-0.15, -0.1) is 0 Å². The number of piperidine rings is 1. The standard InChI is InChI=1S/C27H31ClN4O4/c1-29-14-16-31(17-15-29)26(35)23-19-36-27(32(23)25(34)20-6-3-2-4-7-20)10-12-30(13-11-27)24(33)21-8-5-9-22(28)18-21/h2-9,18,23H,10-17,19H2,1H3. The fraction of sp³-hybridized carbons (Fsp3) is 0.444. The first kappa shape index (κ1) is 24.7. The van der Waals surface area contributed by atoms with E-state index >= 15 is 0 Å². The van der Waals surface area contributed by atoms with Crippen LogP contribution in [-0.2, 0) is 9.53 Å². The SMILES string of the molecule is CN1CCN(C(=O)C2COC3(CCN(C(=O)c4cccc(Cl)c4)CC3)N2C(=O)c2ccccc2)CC1. The second kappa shape index (κ2) is 10.2. The van der Waals surface area contributed by atoms with E-state index in [0.717, 1.165) is 13.1 Å². The van der Waals surface area contributed by atoms with E-state index in [9.17, 15) is 14.4 Å². The van der Waals surface area contributed by atoms with Crippen LogP contribution in [0.2, 0.25) is 5.02 Å². The van der Waals surface area contributed by atoms with E-state index in [2.05, 4.69) is 4.90 Å². The molecule has 0 N–H and O–H groups in total. The van der Waals surface area contributed by atoms with Crippen LogP contribution in [0.1, 0.15) is 33.6 Å². The van der Waals surface area contributed by atoms with Gasteiger partial charge < -0.3 is 19.4 Å². The lowest BCUT2D eigenvalue weighted by Crippen LogP contribution is -2.61. The van der Waals surface area contributed by atoms with Crippen LogP contribution in [0, 0.1) is 0 Å². The molecule has 190 valence electrons. The number of ether oxygens (including phenoxy) is 1. The van der Waals surface area contributed by atoms with E-state index in [4.69, 9.17) is 16.3 Å². The minimum Gasteiger partial charge on any atom is -0.353 e. The third kappa shape index (κ3) is 4.73. The molecule has 1 spiro atoms. The number of halogens is 1. The van der Waals surface area contributed by atoms with Crippen LogP contribution in [0.3, 0.4) is 0 Å². The first-order valence-corrected chi connectivity index (χ1v) is 12.8. The van der Waals surface area contributed by atoms with E-state index in [0.29, 0.717) is 55.2 Å². The second-order valence-electron chi connectivity index (χ2n) is 9.75. The van der Waals surface area contributed by atoms with Gasteiger partial charge >= 0.3 is 0 Å². The predicted octanol–water partition coefficient (Wildman–Crippen LogP) is 2.59. The van der Waals surface area contributed by atoms with Crippen LogP contribution in [0.15, 0.2) is 54.6 Å². The molecule has 0 aliphatic carbocycles. The van der Waals surface area contributed by atoms with Crippen molar-refractivity contribution in [2.75, 3.05) is 52.9 Å². The van der Waals surface area contributed by atoms with Gasteiger partial charge in [-0.25, -0.2) is 0 Å². The summed E-state index contributed by atoms with van der Waals surface area (Å²) in [6.45, 7) is 3.86. The topological polar surface area (TPSA) is 73.4 Å². The number of amides is 3. The van der Waals surface area contributed by atoms with Gasteiger partial charge in [0, 0.05) is 68.3 Å². The second-order valence-corrected chi connectivity index (χ2v) is 10.2. The van der Waals surface area contributed by atoms with E-state index in [-0.39, 0.29) is 24.3 Å². The number of benzene rings is 2. The quantitative estimate of drug-likeness (QED) is 0.634. The van der Waals surface area contributed by atoms with Crippen molar-refractivity contribution < 1.29 is 19.1 Å². The summed E-state index contributed by atoms with van der Waals surface area (Å²) in [6, 6.07) is 15.3. The van der Waals surface area contributed by atoms with Crippen molar-refractivity contribution in [3.05, 3.63) is 70.7 Å². The van der Waals surface area contributed by atoms with Crippen LogP contribution in [0.5, 0.6) is 0 Å². The van der Waals surface area contributed by atoms with Crippen LogP contribution < -0.4 is 0 Å². The van der Waals surface area contributed by atoms with E-state index in [1.165, 1.54) is 0 Å². The first-order valence-electron chi connectivity index (χ1n) is 12.4. The Morgan fingerprint density at radius 3 is 2.17 bits per heavy atom. The molecule has 0 aromatic heterocycles. The summed E-state index contributed by atoms with van der Waals surface area (Å²) < 4.78 is 6.32. The number of carbonyl (C=O) groups is 3. The van der Waals surface area contributed by atoms with Crippen molar-refractivity contribution in [2.45, 2.75) is 24.6 Å². The minimum absolute atomic E-state index is 0.0679. The Morgan fingerprint density at radius 1 is 0.833 bits per heavy atom. The summed E-state index contributed by atoms with van der Waals surface area (Å²) in [5.74, 6) is -0.381. The summed E-state index contributed by atoms with van der Waals surface area (Å²) in [7, 11) is 2.04. The van der Waals surface area contributed by atoms with Gasteiger partial charge in [-0.2, -0.15) is 0 Å². The molecule has 3 amide bonds. The van der Waals surface area contributed by atoms with Crippen LogP contribution in [0.4, 0.5) is 0 Å². The monoisotopic (exact) mass is 510 g/mol. The molecule has 0 bridgehead atoms. The molecule has 3 aliphatic rings. The maximum atomic E-state index is 13.8. The molecule has 1 unspecified atom stereocenters. The van der Waals surface area contributed by atoms with Crippen molar-refractivity contribution in [3.63, 3.8) is 0 Å². The Hall–Kier alpha value is -2.94. The molecule has 5 rings (SSSR count). The number of nitrogens with zero attached hydrogens (tertiary/aromatic N) is 4. The van der Waals surface area contributed by atoms with Gasteiger partial charge in [0.2, 0.25) is 5.91 Å². The number of piperazine rings is 1. The lowest BCUT2D eigenvalue weighted by atomic mass is 9.96. The molecule has 8 nitrogen and oxygen atoms in total. The van der Waals surface area contributed by atoms with Crippen LogP contribution in [-0.4, -0.2) is 102 Å². The van der Waals surface area contributed by atoms with Crippen LogP contribution in [0.25, 0.3) is 0 Å². The minimum atomic E-state index is -0.926. The molecular weight excluding hydrogens is 480 g/mol. The number of hydrogen-bond donors (Lipinski definition) is 0. The number of hydrogen-bond acceptors (Lipinski definition) is 5. The molecule has 3 heterocycles. The summed E-state index contributed by atoms with van der Waals surface area (Å²) >= 11 is 6.08. The number of likely N-dealkylation sites (tertiary alicyclic amines) is 1. The fourth-order valence-electron chi connectivity index (χ4n) is 5.38. The molecule has 0 radical (unpaired) electrons. The highest BCUT2D eigenvalue weighted by Gasteiger charge is 2.55. The fourth-order valence-corrected chi connectivity index (χ4v) is 5.57. The zero-order chi connectivity index (χ0) is 25.3. The Bertz CT molecular complexity index is 1130. The first-order chi connectivity index (χ1) is 17.4. The molecule has 1 atom stereocenters. The third-order valence-corrected chi connectivity index (χ3v) is 7.74. The highest BCUT2D eigenvalue weighted by molar-refractivity contribution is 6.30. The molecular formula is C27H31ClN4O4. The largest absolute Gasteiger partial charge is 0.353 e. The molecule has 9 heteroatoms. The third-order valence-electron chi connectivity index (χ3n) is 7.50. The normalized spacial score (nSPS) is 22.2. The van der Waals surface area contributed by atoms with Gasteiger partial charge in [-0.1, -0.05) is 35.9 Å². The lowest BCUT2D eigenvalue weighted by molar-refractivity contribution is -0.139. The molecule has 2 aromatic carbocycles. The average molecular weight is 511 g/mol. The van der Waals surface area contributed by atoms with Crippen molar-refractivity contribution in [1.82, 2.24) is 19.6 Å². The summed E-state index contributed by atoms with van der Waals surface area (Å²) in [5.41, 5.74) is 0.132. The molecule has 3 aliphatic heterocycles. The Labute approximate surface area is 216 Å². The molecule has 3 fully saturated rings. The van der Waals surface area contributed by atoms with Gasteiger partial charge in [0.05, 0.1) is 6.61 Å². The van der Waals surface area contributed by atoms with Crippen molar-refractivity contribution in [2.24, 2.45) is 0 Å². The zero-order valence-electron chi connectivity index (χ0n) is 20.4. The van der Waals surface area contributed by atoms with Gasteiger partial charge in [-0.3, -0.25) is 19.3 Å². The van der Waals surface area contributed by atoms with Crippen molar-refractivity contribution in [1.29, 1.82) is 0 Å². The molecule has 2 aromatic rings. The van der Waals surface area contributed by atoms with Crippen molar-refractivity contribution in [3.8, 4) is 0 Å². The molecule has 36 heavy (non-hydrogen) atoms. The summed E-state index contributed by atoms with van der Waals surface area (Å²) in [6.07, 6.45) is 0.870. The highest BCUT2D eigenvalue weighted by Crippen LogP contribution is 2.39. The maximum Gasteiger partial charge on any atom is 0.256 e. The Morgan fingerprint density at radius 2 is 1.50 bits per heavy atom. The zero-order valence-corrected chi connectivity index (χ0v) is 21.2. The Balaban J connectivity index is 1.38. The van der Waals surface area contributed by atoms with Crippen molar-refractivity contribution >= 4 is 29.3 Å². The summed E-state index contributed by atoms with van der Waals surface area (Å²) in [4.78, 5) is 48.0.